The molecule has 0 saturated carbocycles. The van der Waals surface area contributed by atoms with Crippen molar-refractivity contribution in [1.82, 2.24) is 10.2 Å². The Morgan fingerprint density at radius 2 is 2.14 bits per heavy atom. The molecule has 1 aliphatic heterocycles. The molecule has 0 radical (unpaired) electrons. The van der Waals surface area contributed by atoms with Crippen LogP contribution in [0.1, 0.15) is 12.0 Å². The largest absolute Gasteiger partial charge is 0.379 e. The van der Waals surface area contributed by atoms with Crippen molar-refractivity contribution in [1.29, 1.82) is 0 Å². The van der Waals surface area contributed by atoms with Crippen LogP contribution in [-0.2, 0) is 4.74 Å². The van der Waals surface area contributed by atoms with Gasteiger partial charge in [-0.2, -0.15) is 0 Å². The molecule has 1 heterocycles. The van der Waals surface area contributed by atoms with Gasteiger partial charge in [0.1, 0.15) is 0 Å². The first-order valence-electron chi connectivity index (χ1n) is 7.26. The molecule has 6 heteroatoms. The number of anilines is 1. The van der Waals surface area contributed by atoms with Crippen molar-refractivity contribution in [3.8, 4) is 0 Å². The van der Waals surface area contributed by atoms with E-state index < -0.39 is 0 Å². The summed E-state index contributed by atoms with van der Waals surface area (Å²) in [5.41, 5.74) is 1.97. The van der Waals surface area contributed by atoms with Gasteiger partial charge in [0, 0.05) is 30.3 Å². The van der Waals surface area contributed by atoms with E-state index in [1.54, 1.807) is 0 Å². The molecular formula is C15H22ClN3OS. The summed E-state index contributed by atoms with van der Waals surface area (Å²) >= 11 is 11.4. The zero-order chi connectivity index (χ0) is 15.1. The highest BCUT2D eigenvalue weighted by molar-refractivity contribution is 7.80. The lowest BCUT2D eigenvalue weighted by Gasteiger charge is -2.26. The van der Waals surface area contributed by atoms with Gasteiger partial charge in [0.2, 0.25) is 0 Å². The number of nitrogens with one attached hydrogen (secondary N) is 2. The molecule has 0 unspecified atom stereocenters. The standard InChI is InChI=1S/C15H22ClN3OS/c1-12-3-4-13(11-14(12)16)18-15(21)17-5-2-6-19-7-9-20-10-8-19/h3-4,11H,2,5-10H2,1H3,(H2,17,18,21). The van der Waals surface area contributed by atoms with Gasteiger partial charge in [-0.3, -0.25) is 4.90 Å². The van der Waals surface area contributed by atoms with Crippen LogP contribution in [0.2, 0.25) is 5.02 Å². The molecule has 116 valence electrons. The Balaban J connectivity index is 1.63. The highest BCUT2D eigenvalue weighted by Crippen LogP contribution is 2.19. The normalized spacial score (nSPS) is 15.7. The topological polar surface area (TPSA) is 36.5 Å². The van der Waals surface area contributed by atoms with Crippen LogP contribution in [0.15, 0.2) is 18.2 Å². The van der Waals surface area contributed by atoms with Gasteiger partial charge in [0.15, 0.2) is 5.11 Å². The first-order chi connectivity index (χ1) is 10.1. The molecule has 1 saturated heterocycles. The van der Waals surface area contributed by atoms with Gasteiger partial charge in [0.05, 0.1) is 13.2 Å². The summed E-state index contributed by atoms with van der Waals surface area (Å²) in [6, 6.07) is 5.84. The molecule has 1 aromatic rings. The number of aryl methyl sites for hydroxylation is 1. The molecule has 1 aliphatic rings. The Morgan fingerprint density at radius 3 is 2.86 bits per heavy atom. The van der Waals surface area contributed by atoms with Gasteiger partial charge in [0.25, 0.3) is 0 Å². The van der Waals surface area contributed by atoms with Crippen LogP contribution < -0.4 is 10.6 Å². The fraction of sp³-hybridized carbons (Fsp3) is 0.533. The minimum atomic E-state index is 0.636. The average Bonchev–Trinajstić information content (AvgIpc) is 2.49. The molecule has 0 spiro atoms. The molecule has 0 bridgehead atoms. The third-order valence-corrected chi connectivity index (χ3v) is 4.12. The maximum atomic E-state index is 6.09. The van der Waals surface area contributed by atoms with Crippen LogP contribution in [0.3, 0.4) is 0 Å². The zero-order valence-corrected chi connectivity index (χ0v) is 13.9. The summed E-state index contributed by atoms with van der Waals surface area (Å²) in [5.74, 6) is 0. The quantitative estimate of drug-likeness (QED) is 0.642. The summed E-state index contributed by atoms with van der Waals surface area (Å²) in [4.78, 5) is 2.42. The van der Waals surface area contributed by atoms with E-state index in [0.29, 0.717) is 5.11 Å². The minimum Gasteiger partial charge on any atom is -0.379 e. The van der Waals surface area contributed by atoms with E-state index in [0.717, 1.165) is 62.1 Å². The SMILES string of the molecule is Cc1ccc(NC(=S)NCCCN2CCOCC2)cc1Cl. The number of rotatable bonds is 5. The number of ether oxygens (including phenoxy) is 1. The molecule has 2 rings (SSSR count). The zero-order valence-electron chi connectivity index (χ0n) is 12.3. The van der Waals surface area contributed by atoms with E-state index in [2.05, 4.69) is 15.5 Å². The number of morpholine rings is 1. The molecule has 0 aromatic heterocycles. The molecule has 21 heavy (non-hydrogen) atoms. The van der Waals surface area contributed by atoms with E-state index in [9.17, 15) is 0 Å². The van der Waals surface area contributed by atoms with Crippen molar-refractivity contribution in [2.75, 3.05) is 44.7 Å². The molecule has 4 nitrogen and oxygen atoms in total. The van der Waals surface area contributed by atoms with E-state index >= 15 is 0 Å². The molecule has 2 N–H and O–H groups in total. The number of hydrogen-bond acceptors (Lipinski definition) is 3. The maximum Gasteiger partial charge on any atom is 0.170 e. The van der Waals surface area contributed by atoms with Gasteiger partial charge in [-0.15, -0.1) is 0 Å². The van der Waals surface area contributed by atoms with Crippen LogP contribution in [-0.4, -0.2) is 49.4 Å². The Bertz CT molecular complexity index is 478. The van der Waals surface area contributed by atoms with Gasteiger partial charge in [-0.05, 0) is 49.8 Å². The number of nitrogens with zero attached hydrogens (tertiary/aromatic N) is 1. The second kappa shape index (κ2) is 8.54. The Hall–Kier alpha value is -0.880. The van der Waals surface area contributed by atoms with E-state index in [-0.39, 0.29) is 0 Å². The fourth-order valence-corrected chi connectivity index (χ4v) is 2.58. The summed E-state index contributed by atoms with van der Waals surface area (Å²) < 4.78 is 5.33. The lowest BCUT2D eigenvalue weighted by atomic mass is 10.2. The van der Waals surface area contributed by atoms with E-state index in [1.165, 1.54) is 0 Å². The summed E-state index contributed by atoms with van der Waals surface area (Å²) in [5, 5.41) is 7.76. The first kappa shape index (κ1) is 16.5. The third-order valence-electron chi connectivity index (χ3n) is 3.47. The van der Waals surface area contributed by atoms with Crippen LogP contribution in [0.25, 0.3) is 0 Å². The van der Waals surface area contributed by atoms with Crippen molar-refractivity contribution in [2.45, 2.75) is 13.3 Å². The lowest BCUT2D eigenvalue weighted by molar-refractivity contribution is 0.0376. The predicted molar refractivity (Wildman–Crippen MR) is 92.3 cm³/mol. The van der Waals surface area contributed by atoms with Crippen molar-refractivity contribution in [3.63, 3.8) is 0 Å². The van der Waals surface area contributed by atoms with Gasteiger partial charge < -0.3 is 15.4 Å². The van der Waals surface area contributed by atoms with Crippen molar-refractivity contribution in [3.05, 3.63) is 28.8 Å². The second-order valence-corrected chi connectivity index (χ2v) is 5.97. The molecule has 1 aromatic carbocycles. The predicted octanol–water partition coefficient (Wildman–Crippen LogP) is 2.66. The number of thiocarbonyl (C=S) groups is 1. The highest BCUT2D eigenvalue weighted by Gasteiger charge is 2.09. The minimum absolute atomic E-state index is 0.636. The second-order valence-electron chi connectivity index (χ2n) is 5.15. The number of hydrogen-bond donors (Lipinski definition) is 2. The van der Waals surface area contributed by atoms with Crippen molar-refractivity contribution < 1.29 is 4.74 Å². The molecule has 0 amide bonds. The molecular weight excluding hydrogens is 306 g/mol. The Labute approximate surface area is 136 Å². The van der Waals surface area contributed by atoms with Crippen LogP contribution >= 0.6 is 23.8 Å². The lowest BCUT2D eigenvalue weighted by Crippen LogP contribution is -2.38. The Kier molecular flexibility index (Phi) is 6.70. The molecule has 0 atom stereocenters. The first-order valence-corrected chi connectivity index (χ1v) is 8.05. The smallest absolute Gasteiger partial charge is 0.170 e. The third kappa shape index (κ3) is 5.79. The molecule has 1 fully saturated rings. The fourth-order valence-electron chi connectivity index (χ4n) is 2.18. The van der Waals surface area contributed by atoms with E-state index in [1.807, 2.05) is 25.1 Å². The van der Waals surface area contributed by atoms with Crippen molar-refractivity contribution in [2.24, 2.45) is 0 Å². The summed E-state index contributed by atoms with van der Waals surface area (Å²) in [6.45, 7) is 7.69. The van der Waals surface area contributed by atoms with Crippen LogP contribution in [0.4, 0.5) is 5.69 Å². The van der Waals surface area contributed by atoms with Crippen LogP contribution in [0, 0.1) is 6.92 Å². The van der Waals surface area contributed by atoms with Crippen molar-refractivity contribution >= 4 is 34.6 Å². The van der Waals surface area contributed by atoms with E-state index in [4.69, 9.17) is 28.6 Å². The maximum absolute atomic E-state index is 6.09. The number of benzene rings is 1. The molecule has 0 aliphatic carbocycles. The average molecular weight is 328 g/mol. The highest BCUT2D eigenvalue weighted by atomic mass is 35.5. The number of halogens is 1. The Morgan fingerprint density at radius 1 is 1.38 bits per heavy atom. The van der Waals surface area contributed by atoms with Gasteiger partial charge in [-0.1, -0.05) is 17.7 Å². The van der Waals surface area contributed by atoms with Gasteiger partial charge >= 0.3 is 0 Å². The van der Waals surface area contributed by atoms with Gasteiger partial charge in [-0.25, -0.2) is 0 Å². The summed E-state index contributed by atoms with van der Waals surface area (Å²) in [6.07, 6.45) is 1.07. The summed E-state index contributed by atoms with van der Waals surface area (Å²) in [7, 11) is 0. The monoisotopic (exact) mass is 327 g/mol. The van der Waals surface area contributed by atoms with Crippen LogP contribution in [0.5, 0.6) is 0 Å².